The maximum atomic E-state index is 5.43. The van der Waals surface area contributed by atoms with Gasteiger partial charge in [-0.15, -0.1) is 0 Å². The van der Waals surface area contributed by atoms with Crippen molar-refractivity contribution >= 4 is 0 Å². The van der Waals surface area contributed by atoms with Gasteiger partial charge in [0, 0.05) is 32.3 Å². The summed E-state index contributed by atoms with van der Waals surface area (Å²) in [7, 11) is 0. The highest BCUT2D eigenvalue weighted by atomic mass is 16.5. The fraction of sp³-hybridized carbons (Fsp3) is 1.00. The number of nitrogens with one attached hydrogen (secondary N) is 1. The van der Waals surface area contributed by atoms with Gasteiger partial charge in [-0.25, -0.2) is 0 Å². The lowest BCUT2D eigenvalue weighted by atomic mass is 10.2. The Kier molecular flexibility index (Phi) is 12.2. The van der Waals surface area contributed by atoms with E-state index in [1.54, 1.807) is 0 Å². The van der Waals surface area contributed by atoms with E-state index in [4.69, 9.17) is 9.47 Å². The largest absolute Gasteiger partial charge is 0.380 e. The van der Waals surface area contributed by atoms with Crippen molar-refractivity contribution in [2.75, 3.05) is 46.2 Å². The number of ether oxygens (including phenoxy) is 2. The molecule has 0 amide bonds. The first-order valence-corrected chi connectivity index (χ1v) is 6.89. The Hall–Kier alpha value is -0.160. The molecule has 0 aromatic rings. The number of rotatable bonds is 12. The molecule has 0 aromatic carbocycles. The molecule has 4 nitrogen and oxygen atoms in total. The molecule has 0 rings (SSSR count). The van der Waals surface area contributed by atoms with Crippen molar-refractivity contribution in [3.63, 3.8) is 0 Å². The highest BCUT2D eigenvalue weighted by Gasteiger charge is 2.06. The monoisotopic (exact) mass is 246 g/mol. The summed E-state index contributed by atoms with van der Waals surface area (Å²) in [6.45, 7) is 14.6. The molecule has 104 valence electrons. The smallest absolute Gasteiger partial charge is 0.0990 e. The van der Waals surface area contributed by atoms with Gasteiger partial charge in [0.05, 0.1) is 13.3 Å². The minimum absolute atomic E-state index is 0.473. The molecule has 0 fully saturated rings. The molecule has 0 aromatic heterocycles. The Morgan fingerprint density at radius 1 is 1.06 bits per heavy atom. The molecule has 0 radical (unpaired) electrons. The van der Waals surface area contributed by atoms with Crippen molar-refractivity contribution in [1.82, 2.24) is 10.2 Å². The third-order valence-corrected chi connectivity index (χ3v) is 2.80. The second-order valence-electron chi connectivity index (χ2n) is 4.05. The van der Waals surface area contributed by atoms with E-state index >= 15 is 0 Å². The summed E-state index contributed by atoms with van der Waals surface area (Å²) in [5, 5.41) is 3.52. The SMILES string of the molecule is CCOCC(CC)NCCN(CC)COCC. The summed E-state index contributed by atoms with van der Waals surface area (Å²) >= 11 is 0. The molecule has 0 saturated heterocycles. The molecule has 1 N–H and O–H groups in total. The molecule has 1 unspecified atom stereocenters. The van der Waals surface area contributed by atoms with Gasteiger partial charge >= 0.3 is 0 Å². The fourth-order valence-electron chi connectivity index (χ4n) is 1.54. The predicted octanol–water partition coefficient (Wildman–Crippen LogP) is 1.71. The predicted molar refractivity (Wildman–Crippen MR) is 72.3 cm³/mol. The lowest BCUT2D eigenvalue weighted by Crippen LogP contribution is -2.39. The van der Waals surface area contributed by atoms with Crippen LogP contribution in [0.4, 0.5) is 0 Å². The topological polar surface area (TPSA) is 33.7 Å². The number of hydrogen-bond acceptors (Lipinski definition) is 4. The first kappa shape index (κ1) is 16.8. The molecule has 17 heavy (non-hydrogen) atoms. The molecule has 0 aliphatic rings. The van der Waals surface area contributed by atoms with E-state index in [0.29, 0.717) is 6.04 Å². The van der Waals surface area contributed by atoms with Crippen molar-refractivity contribution < 1.29 is 9.47 Å². The summed E-state index contributed by atoms with van der Waals surface area (Å²) in [6.07, 6.45) is 1.11. The van der Waals surface area contributed by atoms with E-state index in [1.807, 2.05) is 13.8 Å². The van der Waals surface area contributed by atoms with Crippen LogP contribution in [-0.2, 0) is 9.47 Å². The van der Waals surface area contributed by atoms with Crippen LogP contribution in [0, 0.1) is 0 Å². The third kappa shape index (κ3) is 9.53. The van der Waals surface area contributed by atoms with Crippen LogP contribution in [0.15, 0.2) is 0 Å². The van der Waals surface area contributed by atoms with Crippen LogP contribution in [0.25, 0.3) is 0 Å². The Balaban J connectivity index is 3.61. The van der Waals surface area contributed by atoms with Crippen molar-refractivity contribution in [3.8, 4) is 0 Å². The minimum atomic E-state index is 0.473. The normalized spacial score (nSPS) is 13.2. The van der Waals surface area contributed by atoms with Gasteiger partial charge in [-0.1, -0.05) is 13.8 Å². The summed E-state index contributed by atoms with van der Waals surface area (Å²) < 4.78 is 10.8. The highest BCUT2D eigenvalue weighted by molar-refractivity contribution is 4.65. The minimum Gasteiger partial charge on any atom is -0.380 e. The van der Waals surface area contributed by atoms with E-state index in [-0.39, 0.29) is 0 Å². The van der Waals surface area contributed by atoms with Crippen LogP contribution < -0.4 is 5.32 Å². The van der Waals surface area contributed by atoms with Crippen LogP contribution in [0.5, 0.6) is 0 Å². The van der Waals surface area contributed by atoms with Gasteiger partial charge in [0.15, 0.2) is 0 Å². The van der Waals surface area contributed by atoms with Crippen LogP contribution in [-0.4, -0.2) is 57.1 Å². The zero-order valence-electron chi connectivity index (χ0n) is 12.0. The molecular weight excluding hydrogens is 216 g/mol. The molecule has 1 atom stereocenters. The van der Waals surface area contributed by atoms with E-state index in [2.05, 4.69) is 24.1 Å². The van der Waals surface area contributed by atoms with Gasteiger partial charge in [-0.3, -0.25) is 4.90 Å². The number of likely N-dealkylation sites (N-methyl/N-ethyl adjacent to an activating group) is 1. The first-order valence-electron chi connectivity index (χ1n) is 6.89. The second-order valence-corrected chi connectivity index (χ2v) is 4.05. The molecule has 0 spiro atoms. The van der Waals surface area contributed by atoms with Gasteiger partial charge in [0.25, 0.3) is 0 Å². The number of nitrogens with zero attached hydrogens (tertiary/aromatic N) is 1. The first-order chi connectivity index (χ1) is 8.28. The summed E-state index contributed by atoms with van der Waals surface area (Å²) in [6, 6.07) is 0.473. The van der Waals surface area contributed by atoms with Crippen LogP contribution in [0.3, 0.4) is 0 Å². The van der Waals surface area contributed by atoms with E-state index in [1.165, 1.54) is 0 Å². The summed E-state index contributed by atoms with van der Waals surface area (Å²) in [5.41, 5.74) is 0. The van der Waals surface area contributed by atoms with Crippen LogP contribution in [0.1, 0.15) is 34.1 Å². The molecule has 0 heterocycles. The van der Waals surface area contributed by atoms with Gasteiger partial charge < -0.3 is 14.8 Å². The van der Waals surface area contributed by atoms with Gasteiger partial charge in [0.2, 0.25) is 0 Å². The van der Waals surface area contributed by atoms with Crippen LogP contribution >= 0.6 is 0 Å². The standard InChI is InChI=1S/C13H30N2O2/c1-5-13(11-16-7-3)14-9-10-15(6-2)12-17-8-4/h13-14H,5-12H2,1-4H3. The maximum Gasteiger partial charge on any atom is 0.0990 e. The van der Waals surface area contributed by atoms with Crippen molar-refractivity contribution in [1.29, 1.82) is 0 Å². The highest BCUT2D eigenvalue weighted by Crippen LogP contribution is 1.93. The zero-order chi connectivity index (χ0) is 12.9. The average molecular weight is 246 g/mol. The van der Waals surface area contributed by atoms with Crippen molar-refractivity contribution in [2.45, 2.75) is 40.2 Å². The van der Waals surface area contributed by atoms with Gasteiger partial charge in [-0.2, -0.15) is 0 Å². The lowest BCUT2D eigenvalue weighted by molar-refractivity contribution is 0.0379. The van der Waals surface area contributed by atoms with Gasteiger partial charge in [0.1, 0.15) is 0 Å². The van der Waals surface area contributed by atoms with E-state index < -0.39 is 0 Å². The lowest BCUT2D eigenvalue weighted by Gasteiger charge is -2.22. The molecule has 4 heteroatoms. The third-order valence-electron chi connectivity index (χ3n) is 2.80. The maximum absolute atomic E-state index is 5.43. The Labute approximate surface area is 107 Å². The Bertz CT molecular complexity index is 140. The van der Waals surface area contributed by atoms with E-state index in [0.717, 1.165) is 52.6 Å². The van der Waals surface area contributed by atoms with Crippen molar-refractivity contribution in [2.24, 2.45) is 0 Å². The summed E-state index contributed by atoms with van der Waals surface area (Å²) in [4.78, 5) is 2.30. The Morgan fingerprint density at radius 2 is 1.76 bits per heavy atom. The summed E-state index contributed by atoms with van der Waals surface area (Å²) in [5.74, 6) is 0. The number of hydrogen-bond donors (Lipinski definition) is 1. The fourth-order valence-corrected chi connectivity index (χ4v) is 1.54. The molecule has 0 saturated carbocycles. The second kappa shape index (κ2) is 12.3. The van der Waals surface area contributed by atoms with Crippen molar-refractivity contribution in [3.05, 3.63) is 0 Å². The quantitative estimate of drug-likeness (QED) is 0.532. The Morgan fingerprint density at radius 3 is 2.29 bits per heavy atom. The molecule has 0 bridgehead atoms. The van der Waals surface area contributed by atoms with E-state index in [9.17, 15) is 0 Å². The zero-order valence-corrected chi connectivity index (χ0v) is 12.0. The average Bonchev–Trinajstić information content (AvgIpc) is 2.37. The molecule has 0 aliphatic carbocycles. The van der Waals surface area contributed by atoms with Gasteiger partial charge in [-0.05, 0) is 26.8 Å². The molecule has 0 aliphatic heterocycles. The van der Waals surface area contributed by atoms with Crippen LogP contribution in [0.2, 0.25) is 0 Å². The molecular formula is C13H30N2O2.